The summed E-state index contributed by atoms with van der Waals surface area (Å²) in [5.41, 5.74) is 0.549. The SMILES string of the molecule is O=C1CCCCN1Cc1cn(-c2cccc(F)c2F)nn1. The van der Waals surface area contributed by atoms with Crippen LogP contribution in [0.15, 0.2) is 24.4 Å². The van der Waals surface area contributed by atoms with Gasteiger partial charge in [-0.05, 0) is 25.0 Å². The van der Waals surface area contributed by atoms with Gasteiger partial charge in [-0.1, -0.05) is 11.3 Å². The zero-order valence-electron chi connectivity index (χ0n) is 11.3. The van der Waals surface area contributed by atoms with E-state index in [1.54, 1.807) is 4.90 Å². The van der Waals surface area contributed by atoms with Crippen LogP contribution >= 0.6 is 0 Å². The van der Waals surface area contributed by atoms with Gasteiger partial charge in [0.2, 0.25) is 5.91 Å². The van der Waals surface area contributed by atoms with Crippen LogP contribution in [0.5, 0.6) is 0 Å². The largest absolute Gasteiger partial charge is 0.337 e. The van der Waals surface area contributed by atoms with Gasteiger partial charge in [0.1, 0.15) is 11.4 Å². The van der Waals surface area contributed by atoms with Gasteiger partial charge in [-0.3, -0.25) is 4.79 Å². The fourth-order valence-electron chi connectivity index (χ4n) is 2.38. The molecule has 1 aromatic heterocycles. The van der Waals surface area contributed by atoms with Crippen molar-refractivity contribution < 1.29 is 13.6 Å². The molecule has 5 nitrogen and oxygen atoms in total. The molecule has 110 valence electrons. The monoisotopic (exact) mass is 292 g/mol. The molecule has 0 saturated carbocycles. The van der Waals surface area contributed by atoms with E-state index in [0.29, 0.717) is 25.2 Å². The van der Waals surface area contributed by atoms with Gasteiger partial charge in [0.05, 0.1) is 12.7 Å². The predicted octanol–water partition coefficient (Wildman–Crippen LogP) is 2.06. The molecule has 0 aliphatic carbocycles. The zero-order chi connectivity index (χ0) is 14.8. The lowest BCUT2D eigenvalue weighted by Crippen LogP contribution is -2.34. The van der Waals surface area contributed by atoms with Crippen LogP contribution < -0.4 is 0 Å². The van der Waals surface area contributed by atoms with E-state index in [2.05, 4.69) is 10.3 Å². The van der Waals surface area contributed by atoms with Crippen molar-refractivity contribution in [1.82, 2.24) is 19.9 Å². The molecule has 0 bridgehead atoms. The van der Waals surface area contributed by atoms with E-state index >= 15 is 0 Å². The van der Waals surface area contributed by atoms with Gasteiger partial charge in [0.25, 0.3) is 0 Å². The number of rotatable bonds is 3. The molecule has 1 amide bonds. The first-order chi connectivity index (χ1) is 10.1. The molecule has 0 spiro atoms. The number of amides is 1. The first kappa shape index (κ1) is 13.7. The molecule has 0 atom stereocenters. The highest BCUT2D eigenvalue weighted by atomic mass is 19.2. The summed E-state index contributed by atoms with van der Waals surface area (Å²) < 4.78 is 28.1. The Balaban J connectivity index is 1.80. The quantitative estimate of drug-likeness (QED) is 0.870. The lowest BCUT2D eigenvalue weighted by molar-refractivity contribution is -0.133. The van der Waals surface area contributed by atoms with Gasteiger partial charge in [-0.25, -0.2) is 13.5 Å². The van der Waals surface area contributed by atoms with Crippen molar-refractivity contribution in [2.24, 2.45) is 0 Å². The Morgan fingerprint density at radius 3 is 2.90 bits per heavy atom. The van der Waals surface area contributed by atoms with Crippen molar-refractivity contribution in [3.05, 3.63) is 41.7 Å². The Hall–Kier alpha value is -2.31. The van der Waals surface area contributed by atoms with Gasteiger partial charge in [-0.2, -0.15) is 0 Å². The van der Waals surface area contributed by atoms with Gasteiger partial charge >= 0.3 is 0 Å². The zero-order valence-corrected chi connectivity index (χ0v) is 11.3. The summed E-state index contributed by atoms with van der Waals surface area (Å²) in [6, 6.07) is 3.87. The highest BCUT2D eigenvalue weighted by Crippen LogP contribution is 2.17. The lowest BCUT2D eigenvalue weighted by atomic mass is 10.1. The van der Waals surface area contributed by atoms with Gasteiger partial charge in [0, 0.05) is 13.0 Å². The van der Waals surface area contributed by atoms with E-state index in [1.165, 1.54) is 23.0 Å². The molecule has 21 heavy (non-hydrogen) atoms. The molecule has 3 rings (SSSR count). The predicted molar refractivity (Wildman–Crippen MR) is 70.5 cm³/mol. The van der Waals surface area contributed by atoms with Crippen LogP contribution in [0.2, 0.25) is 0 Å². The van der Waals surface area contributed by atoms with Crippen LogP contribution in [0.3, 0.4) is 0 Å². The number of carbonyl (C=O) groups excluding carboxylic acids is 1. The van der Waals surface area contributed by atoms with Gasteiger partial charge in [0.15, 0.2) is 11.6 Å². The maximum Gasteiger partial charge on any atom is 0.222 e. The molecule has 1 aromatic carbocycles. The van der Waals surface area contributed by atoms with Crippen LogP contribution in [-0.4, -0.2) is 32.3 Å². The number of benzene rings is 1. The smallest absolute Gasteiger partial charge is 0.222 e. The normalized spacial score (nSPS) is 15.5. The van der Waals surface area contributed by atoms with Crippen LogP contribution in [0.4, 0.5) is 8.78 Å². The van der Waals surface area contributed by atoms with Crippen molar-refractivity contribution in [3.8, 4) is 5.69 Å². The Kier molecular flexibility index (Phi) is 3.64. The van der Waals surface area contributed by atoms with E-state index in [1.807, 2.05) is 0 Å². The average Bonchev–Trinajstić information content (AvgIpc) is 2.93. The molecule has 2 aromatic rings. The third-order valence-electron chi connectivity index (χ3n) is 3.49. The van der Waals surface area contributed by atoms with Crippen LogP contribution in [0.25, 0.3) is 5.69 Å². The van der Waals surface area contributed by atoms with Crippen molar-refractivity contribution in [2.45, 2.75) is 25.8 Å². The first-order valence-electron chi connectivity index (χ1n) is 6.78. The summed E-state index contributed by atoms with van der Waals surface area (Å²) >= 11 is 0. The summed E-state index contributed by atoms with van der Waals surface area (Å²) in [5.74, 6) is -1.81. The number of piperidine rings is 1. The molecule has 1 aliphatic heterocycles. The van der Waals surface area contributed by atoms with Crippen molar-refractivity contribution >= 4 is 5.91 Å². The maximum absolute atomic E-state index is 13.7. The number of hydrogen-bond acceptors (Lipinski definition) is 3. The highest BCUT2D eigenvalue weighted by molar-refractivity contribution is 5.76. The first-order valence-corrected chi connectivity index (χ1v) is 6.78. The molecule has 2 heterocycles. The van der Waals surface area contributed by atoms with E-state index in [-0.39, 0.29) is 11.6 Å². The summed E-state index contributed by atoms with van der Waals surface area (Å²) in [5, 5.41) is 7.72. The van der Waals surface area contributed by atoms with Crippen LogP contribution in [-0.2, 0) is 11.3 Å². The molecule has 1 aliphatic rings. The standard InChI is InChI=1S/C14H14F2N4O/c15-11-4-3-5-12(14(11)16)20-9-10(17-18-20)8-19-7-2-1-6-13(19)21/h3-5,9H,1-2,6-8H2. The van der Waals surface area contributed by atoms with Crippen LogP contribution in [0.1, 0.15) is 25.0 Å². The lowest BCUT2D eigenvalue weighted by Gasteiger charge is -2.25. The topological polar surface area (TPSA) is 51.0 Å². The number of halogens is 2. The van der Waals surface area contributed by atoms with Crippen LogP contribution in [0, 0.1) is 11.6 Å². The second-order valence-electron chi connectivity index (χ2n) is 5.00. The minimum atomic E-state index is -0.969. The number of nitrogens with zero attached hydrogens (tertiary/aromatic N) is 4. The Labute approximate surface area is 120 Å². The molecule has 7 heteroatoms. The second kappa shape index (κ2) is 5.59. The van der Waals surface area contributed by atoms with Crippen molar-refractivity contribution in [3.63, 3.8) is 0 Å². The average molecular weight is 292 g/mol. The minimum Gasteiger partial charge on any atom is -0.337 e. The molecule has 0 N–H and O–H groups in total. The maximum atomic E-state index is 13.7. The fraction of sp³-hybridized carbons (Fsp3) is 0.357. The number of hydrogen-bond donors (Lipinski definition) is 0. The van der Waals surface area contributed by atoms with E-state index < -0.39 is 11.6 Å². The van der Waals surface area contributed by atoms with Crippen molar-refractivity contribution in [2.75, 3.05) is 6.54 Å². The van der Waals surface area contributed by atoms with Crippen molar-refractivity contribution in [1.29, 1.82) is 0 Å². The summed E-state index contributed by atoms with van der Waals surface area (Å²) in [7, 11) is 0. The fourth-order valence-corrected chi connectivity index (χ4v) is 2.38. The second-order valence-corrected chi connectivity index (χ2v) is 5.00. The van der Waals surface area contributed by atoms with E-state index in [9.17, 15) is 13.6 Å². The third kappa shape index (κ3) is 2.76. The number of carbonyl (C=O) groups is 1. The highest BCUT2D eigenvalue weighted by Gasteiger charge is 2.19. The van der Waals surface area contributed by atoms with Gasteiger partial charge in [-0.15, -0.1) is 5.10 Å². The minimum absolute atomic E-state index is 0.00118. The number of aromatic nitrogens is 3. The molecule has 1 saturated heterocycles. The molecule has 0 unspecified atom stereocenters. The summed E-state index contributed by atoms with van der Waals surface area (Å²) in [6.07, 6.45) is 3.95. The Morgan fingerprint density at radius 2 is 2.10 bits per heavy atom. The van der Waals surface area contributed by atoms with E-state index in [4.69, 9.17) is 0 Å². The Bertz CT molecular complexity index is 671. The summed E-state index contributed by atoms with van der Waals surface area (Å²) in [6.45, 7) is 1.04. The molecular formula is C14H14F2N4O. The van der Waals surface area contributed by atoms with Gasteiger partial charge < -0.3 is 4.90 Å². The Morgan fingerprint density at radius 1 is 1.24 bits per heavy atom. The number of likely N-dealkylation sites (tertiary alicyclic amines) is 1. The van der Waals surface area contributed by atoms with E-state index in [0.717, 1.165) is 18.9 Å². The molecule has 0 radical (unpaired) electrons. The molecule has 1 fully saturated rings. The summed E-state index contributed by atoms with van der Waals surface area (Å²) in [4.78, 5) is 13.4. The molecular weight excluding hydrogens is 278 g/mol. The third-order valence-corrected chi connectivity index (χ3v) is 3.49.